The molecule has 28 heavy (non-hydrogen) atoms. The Hall–Kier alpha value is -3.28. The van der Waals surface area contributed by atoms with Gasteiger partial charge < -0.3 is 10.1 Å². The number of fused-ring (bicyclic) bond motifs is 1. The van der Waals surface area contributed by atoms with E-state index >= 15 is 0 Å². The molecule has 4 nitrogen and oxygen atoms in total. The van der Waals surface area contributed by atoms with Crippen LogP contribution in [0, 0.1) is 11.6 Å². The summed E-state index contributed by atoms with van der Waals surface area (Å²) in [5.74, 6) is -2.91. The second-order valence-corrected chi connectivity index (χ2v) is 6.41. The average molecular weight is 383 g/mol. The Kier molecular flexibility index (Phi) is 5.99. The third kappa shape index (κ3) is 4.52. The number of nitrogens with one attached hydrogen (secondary N) is 1. The van der Waals surface area contributed by atoms with E-state index in [9.17, 15) is 18.4 Å². The lowest BCUT2D eigenvalue weighted by Crippen LogP contribution is -2.43. The van der Waals surface area contributed by atoms with Crippen molar-refractivity contribution in [3.05, 3.63) is 83.4 Å². The normalized spacial score (nSPS) is 11.8. The molecule has 0 radical (unpaired) electrons. The van der Waals surface area contributed by atoms with Gasteiger partial charge in [0.05, 0.1) is 13.5 Å². The summed E-state index contributed by atoms with van der Waals surface area (Å²) in [7, 11) is 1.22. The first-order chi connectivity index (χ1) is 13.5. The van der Waals surface area contributed by atoms with Crippen LogP contribution in [0.25, 0.3) is 10.8 Å². The number of carbonyl (C=O) groups excluding carboxylic acids is 2. The van der Waals surface area contributed by atoms with Crippen molar-refractivity contribution >= 4 is 22.6 Å². The Labute approximate surface area is 161 Å². The molecule has 6 heteroatoms. The lowest BCUT2D eigenvalue weighted by molar-refractivity contribution is -0.145. The van der Waals surface area contributed by atoms with Crippen LogP contribution in [0.1, 0.15) is 11.1 Å². The molecule has 0 bridgehead atoms. The highest BCUT2D eigenvalue weighted by atomic mass is 19.1. The average Bonchev–Trinajstić information content (AvgIpc) is 2.69. The van der Waals surface area contributed by atoms with Crippen molar-refractivity contribution in [3.8, 4) is 0 Å². The molecule has 0 aliphatic carbocycles. The van der Waals surface area contributed by atoms with Gasteiger partial charge in [-0.2, -0.15) is 0 Å². The highest BCUT2D eigenvalue weighted by Crippen LogP contribution is 2.17. The number of ether oxygens (including phenoxy) is 1. The van der Waals surface area contributed by atoms with Crippen molar-refractivity contribution in [1.29, 1.82) is 0 Å². The van der Waals surface area contributed by atoms with Gasteiger partial charge in [-0.15, -0.1) is 0 Å². The fraction of sp³-hybridized carbons (Fsp3) is 0.182. The summed E-state index contributed by atoms with van der Waals surface area (Å²) < 4.78 is 32.3. The van der Waals surface area contributed by atoms with E-state index in [1.807, 2.05) is 42.5 Å². The summed E-state index contributed by atoms with van der Waals surface area (Å²) in [4.78, 5) is 24.4. The van der Waals surface area contributed by atoms with Crippen molar-refractivity contribution in [2.24, 2.45) is 0 Å². The molecule has 0 aliphatic heterocycles. The van der Waals surface area contributed by atoms with E-state index in [2.05, 4.69) is 5.32 Å². The van der Waals surface area contributed by atoms with E-state index in [1.54, 1.807) is 0 Å². The number of carbonyl (C=O) groups is 2. The molecule has 0 saturated carbocycles. The molecule has 0 spiro atoms. The van der Waals surface area contributed by atoms with Crippen LogP contribution in [-0.4, -0.2) is 25.0 Å². The van der Waals surface area contributed by atoms with Crippen LogP contribution in [0.4, 0.5) is 8.78 Å². The number of esters is 1. The zero-order valence-corrected chi connectivity index (χ0v) is 15.2. The molecular weight excluding hydrogens is 364 g/mol. The standard InChI is InChI=1S/C22H19F2NO3/c1-28-22(27)20(12-14-9-10-15-5-2-3-6-16(15)11-14)25-21(26)13-17-18(23)7-4-8-19(17)24/h2-11,20H,12-13H2,1H3,(H,25,26)/t20-/m0/s1. The molecule has 3 rings (SSSR count). The molecule has 3 aromatic carbocycles. The zero-order chi connectivity index (χ0) is 20.1. The SMILES string of the molecule is COC(=O)[C@H](Cc1ccc2ccccc2c1)NC(=O)Cc1c(F)cccc1F. The topological polar surface area (TPSA) is 55.4 Å². The van der Waals surface area contributed by atoms with Gasteiger partial charge in [-0.05, 0) is 28.5 Å². The number of rotatable bonds is 6. The zero-order valence-electron chi connectivity index (χ0n) is 15.2. The van der Waals surface area contributed by atoms with Crippen molar-refractivity contribution in [2.45, 2.75) is 18.9 Å². The van der Waals surface area contributed by atoms with E-state index < -0.39 is 36.0 Å². The van der Waals surface area contributed by atoms with Crippen molar-refractivity contribution < 1.29 is 23.1 Å². The maximum absolute atomic E-state index is 13.8. The van der Waals surface area contributed by atoms with Gasteiger partial charge in [0.15, 0.2) is 0 Å². The summed E-state index contributed by atoms with van der Waals surface area (Å²) in [5, 5.41) is 4.58. The first-order valence-corrected chi connectivity index (χ1v) is 8.75. The van der Waals surface area contributed by atoms with E-state index in [0.29, 0.717) is 0 Å². The van der Waals surface area contributed by atoms with Crippen LogP contribution in [0.5, 0.6) is 0 Å². The molecule has 0 heterocycles. The van der Waals surface area contributed by atoms with Gasteiger partial charge in [-0.25, -0.2) is 13.6 Å². The number of methoxy groups -OCH3 is 1. The molecule has 0 aliphatic rings. The van der Waals surface area contributed by atoms with Crippen LogP contribution in [0.15, 0.2) is 60.7 Å². The Bertz CT molecular complexity index is 999. The van der Waals surface area contributed by atoms with Gasteiger partial charge >= 0.3 is 5.97 Å². The van der Waals surface area contributed by atoms with Crippen LogP contribution in [0.3, 0.4) is 0 Å². The fourth-order valence-corrected chi connectivity index (χ4v) is 3.04. The van der Waals surface area contributed by atoms with Crippen LogP contribution in [-0.2, 0) is 27.2 Å². The predicted octanol–water partition coefficient (Wildman–Crippen LogP) is 3.56. The number of benzene rings is 3. The van der Waals surface area contributed by atoms with Crippen LogP contribution >= 0.6 is 0 Å². The van der Waals surface area contributed by atoms with Crippen LogP contribution < -0.4 is 5.32 Å². The van der Waals surface area contributed by atoms with Gasteiger partial charge in [0.25, 0.3) is 0 Å². The number of hydrogen-bond acceptors (Lipinski definition) is 3. The van der Waals surface area contributed by atoms with Gasteiger partial charge in [0.1, 0.15) is 17.7 Å². The van der Waals surface area contributed by atoms with Crippen molar-refractivity contribution in [3.63, 3.8) is 0 Å². The van der Waals surface area contributed by atoms with E-state index in [-0.39, 0.29) is 12.0 Å². The highest BCUT2D eigenvalue weighted by molar-refractivity contribution is 5.86. The van der Waals surface area contributed by atoms with Crippen molar-refractivity contribution in [1.82, 2.24) is 5.32 Å². The van der Waals surface area contributed by atoms with E-state index in [1.165, 1.54) is 13.2 Å². The van der Waals surface area contributed by atoms with Gasteiger partial charge in [0.2, 0.25) is 5.91 Å². The third-order valence-corrected chi connectivity index (χ3v) is 4.47. The van der Waals surface area contributed by atoms with Gasteiger partial charge in [0, 0.05) is 12.0 Å². The maximum atomic E-state index is 13.8. The molecular formula is C22H19F2NO3. The third-order valence-electron chi connectivity index (χ3n) is 4.47. The number of hydrogen-bond donors (Lipinski definition) is 1. The Morgan fingerprint density at radius 2 is 1.64 bits per heavy atom. The predicted molar refractivity (Wildman–Crippen MR) is 102 cm³/mol. The minimum Gasteiger partial charge on any atom is -0.467 e. The lowest BCUT2D eigenvalue weighted by atomic mass is 10.0. The quantitative estimate of drug-likeness (QED) is 0.662. The minimum atomic E-state index is -0.964. The molecule has 144 valence electrons. The summed E-state index contributed by atoms with van der Waals surface area (Å²) in [6.07, 6.45) is -0.313. The fourth-order valence-electron chi connectivity index (χ4n) is 3.04. The summed E-state index contributed by atoms with van der Waals surface area (Å²) in [6, 6.07) is 15.9. The molecule has 1 amide bonds. The molecule has 1 N–H and O–H groups in total. The molecule has 0 unspecified atom stereocenters. The minimum absolute atomic E-state index is 0.197. The molecule has 0 saturated heterocycles. The lowest BCUT2D eigenvalue weighted by Gasteiger charge is -2.17. The first-order valence-electron chi connectivity index (χ1n) is 8.75. The maximum Gasteiger partial charge on any atom is 0.328 e. The Morgan fingerprint density at radius 3 is 2.32 bits per heavy atom. The Balaban J connectivity index is 1.76. The summed E-state index contributed by atoms with van der Waals surface area (Å²) in [5.41, 5.74) is 0.487. The summed E-state index contributed by atoms with van der Waals surface area (Å²) in [6.45, 7) is 0. The smallest absolute Gasteiger partial charge is 0.328 e. The van der Waals surface area contributed by atoms with Gasteiger partial charge in [-0.1, -0.05) is 48.5 Å². The number of amides is 1. The largest absolute Gasteiger partial charge is 0.467 e. The Morgan fingerprint density at radius 1 is 0.964 bits per heavy atom. The highest BCUT2D eigenvalue weighted by Gasteiger charge is 2.23. The molecule has 0 aromatic heterocycles. The molecule has 1 atom stereocenters. The second kappa shape index (κ2) is 8.61. The van der Waals surface area contributed by atoms with E-state index in [4.69, 9.17) is 4.74 Å². The molecule has 3 aromatic rings. The summed E-state index contributed by atoms with van der Waals surface area (Å²) >= 11 is 0. The first kappa shape index (κ1) is 19.5. The van der Waals surface area contributed by atoms with E-state index in [0.717, 1.165) is 28.5 Å². The van der Waals surface area contributed by atoms with Crippen LogP contribution in [0.2, 0.25) is 0 Å². The van der Waals surface area contributed by atoms with Gasteiger partial charge in [-0.3, -0.25) is 4.79 Å². The van der Waals surface area contributed by atoms with Crippen molar-refractivity contribution in [2.75, 3.05) is 7.11 Å². The monoisotopic (exact) mass is 383 g/mol. The number of halogens is 2. The molecule has 0 fully saturated rings. The second-order valence-electron chi connectivity index (χ2n) is 6.41.